The summed E-state index contributed by atoms with van der Waals surface area (Å²) >= 11 is 0. The lowest BCUT2D eigenvalue weighted by Gasteiger charge is -2.12. The quantitative estimate of drug-likeness (QED) is 0.731. The minimum atomic E-state index is 0.398. The van der Waals surface area contributed by atoms with Crippen molar-refractivity contribution < 1.29 is 0 Å². The molecule has 15 heavy (non-hydrogen) atoms. The molecule has 0 spiro atoms. The SMILES string of the molecule is CCCCCc1nnc(CN)n1C(C)C. The molecule has 86 valence electrons. The third-order valence-electron chi connectivity index (χ3n) is 2.54. The highest BCUT2D eigenvalue weighted by molar-refractivity contribution is 4.97. The predicted molar refractivity (Wildman–Crippen MR) is 61.5 cm³/mol. The van der Waals surface area contributed by atoms with Crippen LogP contribution in [-0.2, 0) is 13.0 Å². The Morgan fingerprint density at radius 2 is 1.87 bits per heavy atom. The van der Waals surface area contributed by atoms with E-state index in [2.05, 4.69) is 35.5 Å². The molecular formula is C11H22N4. The Balaban J connectivity index is 2.73. The fraction of sp³-hybridized carbons (Fsp3) is 0.818. The minimum Gasteiger partial charge on any atom is -0.324 e. The first kappa shape index (κ1) is 12.2. The van der Waals surface area contributed by atoms with Gasteiger partial charge >= 0.3 is 0 Å². The van der Waals surface area contributed by atoms with E-state index in [9.17, 15) is 0 Å². The van der Waals surface area contributed by atoms with Crippen molar-refractivity contribution in [1.82, 2.24) is 14.8 Å². The van der Waals surface area contributed by atoms with E-state index in [1.807, 2.05) is 0 Å². The van der Waals surface area contributed by atoms with Crippen LogP contribution in [0.5, 0.6) is 0 Å². The number of hydrogen-bond donors (Lipinski definition) is 1. The molecule has 4 nitrogen and oxygen atoms in total. The van der Waals surface area contributed by atoms with Crippen LogP contribution in [0.2, 0.25) is 0 Å². The first-order chi connectivity index (χ1) is 7.20. The molecule has 0 saturated carbocycles. The molecule has 0 aliphatic heterocycles. The van der Waals surface area contributed by atoms with Gasteiger partial charge in [-0.3, -0.25) is 0 Å². The van der Waals surface area contributed by atoms with E-state index in [1.54, 1.807) is 0 Å². The second-order valence-electron chi connectivity index (χ2n) is 4.16. The molecule has 1 aromatic heterocycles. The summed E-state index contributed by atoms with van der Waals surface area (Å²) in [6, 6.07) is 0.398. The molecule has 0 aromatic carbocycles. The number of aryl methyl sites for hydroxylation is 1. The zero-order valence-corrected chi connectivity index (χ0v) is 10.0. The topological polar surface area (TPSA) is 56.7 Å². The van der Waals surface area contributed by atoms with E-state index < -0.39 is 0 Å². The summed E-state index contributed by atoms with van der Waals surface area (Å²) in [5, 5.41) is 8.34. The van der Waals surface area contributed by atoms with Crippen LogP contribution in [0.25, 0.3) is 0 Å². The minimum absolute atomic E-state index is 0.398. The van der Waals surface area contributed by atoms with Gasteiger partial charge in [0, 0.05) is 12.5 Å². The molecule has 0 saturated heterocycles. The Hall–Kier alpha value is -0.900. The number of unbranched alkanes of at least 4 members (excludes halogenated alkanes) is 2. The molecule has 0 bridgehead atoms. The van der Waals surface area contributed by atoms with Crippen molar-refractivity contribution in [2.24, 2.45) is 5.73 Å². The summed E-state index contributed by atoms with van der Waals surface area (Å²) in [6.07, 6.45) is 4.69. The number of rotatable bonds is 6. The Morgan fingerprint density at radius 3 is 2.40 bits per heavy atom. The van der Waals surface area contributed by atoms with Gasteiger partial charge in [0.1, 0.15) is 11.6 Å². The molecule has 0 unspecified atom stereocenters. The molecular weight excluding hydrogens is 188 g/mol. The van der Waals surface area contributed by atoms with E-state index in [0.717, 1.165) is 18.1 Å². The number of hydrogen-bond acceptors (Lipinski definition) is 3. The van der Waals surface area contributed by atoms with E-state index in [0.29, 0.717) is 12.6 Å². The molecule has 2 N–H and O–H groups in total. The summed E-state index contributed by atoms with van der Waals surface area (Å²) in [7, 11) is 0. The lowest BCUT2D eigenvalue weighted by molar-refractivity contribution is 0.533. The Kier molecular flexibility index (Phi) is 4.75. The van der Waals surface area contributed by atoms with Crippen LogP contribution in [0.4, 0.5) is 0 Å². The summed E-state index contributed by atoms with van der Waals surface area (Å²) in [5.41, 5.74) is 5.63. The average Bonchev–Trinajstić information content (AvgIpc) is 2.61. The van der Waals surface area contributed by atoms with Crippen molar-refractivity contribution in [1.29, 1.82) is 0 Å². The summed E-state index contributed by atoms with van der Waals surface area (Å²) in [4.78, 5) is 0. The van der Waals surface area contributed by atoms with Crippen LogP contribution in [0.3, 0.4) is 0 Å². The highest BCUT2D eigenvalue weighted by Gasteiger charge is 2.12. The van der Waals surface area contributed by atoms with Gasteiger partial charge in [-0.15, -0.1) is 10.2 Å². The monoisotopic (exact) mass is 210 g/mol. The first-order valence-corrected chi connectivity index (χ1v) is 5.83. The lowest BCUT2D eigenvalue weighted by atomic mass is 10.2. The second-order valence-corrected chi connectivity index (χ2v) is 4.16. The van der Waals surface area contributed by atoms with E-state index in [4.69, 9.17) is 5.73 Å². The van der Waals surface area contributed by atoms with Crippen LogP contribution < -0.4 is 5.73 Å². The molecule has 1 aromatic rings. The number of nitrogens with zero attached hydrogens (tertiary/aromatic N) is 3. The fourth-order valence-electron chi connectivity index (χ4n) is 1.80. The van der Waals surface area contributed by atoms with Crippen molar-refractivity contribution in [2.75, 3.05) is 0 Å². The molecule has 1 rings (SSSR count). The highest BCUT2D eigenvalue weighted by atomic mass is 15.3. The van der Waals surface area contributed by atoms with Crippen molar-refractivity contribution in [3.63, 3.8) is 0 Å². The number of aromatic nitrogens is 3. The van der Waals surface area contributed by atoms with Gasteiger partial charge in [0.15, 0.2) is 0 Å². The van der Waals surface area contributed by atoms with Crippen molar-refractivity contribution in [2.45, 2.75) is 59.0 Å². The maximum Gasteiger partial charge on any atom is 0.147 e. The Morgan fingerprint density at radius 1 is 1.20 bits per heavy atom. The highest BCUT2D eigenvalue weighted by Crippen LogP contribution is 2.13. The Labute approximate surface area is 91.9 Å². The van der Waals surface area contributed by atoms with Crippen LogP contribution >= 0.6 is 0 Å². The van der Waals surface area contributed by atoms with E-state index >= 15 is 0 Å². The second kappa shape index (κ2) is 5.85. The van der Waals surface area contributed by atoms with E-state index in [1.165, 1.54) is 19.3 Å². The third-order valence-corrected chi connectivity index (χ3v) is 2.54. The smallest absolute Gasteiger partial charge is 0.147 e. The summed E-state index contributed by atoms with van der Waals surface area (Å²) in [6.45, 7) is 6.97. The van der Waals surface area contributed by atoms with Gasteiger partial charge < -0.3 is 10.3 Å². The average molecular weight is 210 g/mol. The molecule has 1 heterocycles. The predicted octanol–water partition coefficient (Wildman–Crippen LogP) is 2.05. The maximum absolute atomic E-state index is 5.63. The standard InChI is InChI=1S/C11H22N4/c1-4-5-6-7-10-13-14-11(8-12)15(10)9(2)3/h9H,4-8,12H2,1-3H3. The van der Waals surface area contributed by atoms with Crippen molar-refractivity contribution in [3.8, 4) is 0 Å². The number of nitrogens with two attached hydrogens (primary N) is 1. The molecule has 0 atom stereocenters. The van der Waals surface area contributed by atoms with Gasteiger partial charge in [-0.25, -0.2) is 0 Å². The Bertz CT molecular complexity index is 291. The van der Waals surface area contributed by atoms with E-state index in [-0.39, 0.29) is 0 Å². The maximum atomic E-state index is 5.63. The van der Waals surface area contributed by atoms with Gasteiger partial charge in [-0.2, -0.15) is 0 Å². The fourth-order valence-corrected chi connectivity index (χ4v) is 1.80. The molecule has 0 aliphatic carbocycles. The van der Waals surface area contributed by atoms with Gasteiger partial charge in [0.2, 0.25) is 0 Å². The van der Waals surface area contributed by atoms with Gasteiger partial charge in [-0.05, 0) is 20.3 Å². The normalized spacial score (nSPS) is 11.3. The van der Waals surface area contributed by atoms with Crippen molar-refractivity contribution >= 4 is 0 Å². The largest absolute Gasteiger partial charge is 0.324 e. The zero-order valence-electron chi connectivity index (χ0n) is 10.0. The lowest BCUT2D eigenvalue weighted by Crippen LogP contribution is -2.13. The van der Waals surface area contributed by atoms with Crippen LogP contribution in [0.1, 0.15) is 57.7 Å². The van der Waals surface area contributed by atoms with Gasteiger partial charge in [0.05, 0.1) is 6.54 Å². The molecule has 0 amide bonds. The van der Waals surface area contributed by atoms with Crippen LogP contribution in [0.15, 0.2) is 0 Å². The third kappa shape index (κ3) is 3.02. The molecule has 0 fully saturated rings. The zero-order chi connectivity index (χ0) is 11.3. The summed E-state index contributed by atoms with van der Waals surface area (Å²) < 4.78 is 2.16. The first-order valence-electron chi connectivity index (χ1n) is 5.83. The summed E-state index contributed by atoms with van der Waals surface area (Å²) in [5.74, 6) is 1.98. The van der Waals surface area contributed by atoms with Crippen LogP contribution in [0, 0.1) is 0 Å². The molecule has 0 radical (unpaired) electrons. The molecule has 0 aliphatic rings. The van der Waals surface area contributed by atoms with Gasteiger partial charge in [0.25, 0.3) is 0 Å². The van der Waals surface area contributed by atoms with Crippen molar-refractivity contribution in [3.05, 3.63) is 11.6 Å². The molecule has 4 heteroatoms. The van der Waals surface area contributed by atoms with Gasteiger partial charge in [-0.1, -0.05) is 19.8 Å². The van der Waals surface area contributed by atoms with Crippen LogP contribution in [-0.4, -0.2) is 14.8 Å².